The molecule has 1 heterocycles. The van der Waals surface area contributed by atoms with Crippen molar-refractivity contribution >= 4 is 57.4 Å². The summed E-state index contributed by atoms with van der Waals surface area (Å²) in [5, 5.41) is 7.37. The number of amides is 5. The molecular weight excluding hydrogens is 793 g/mol. The molecule has 0 bridgehead atoms. The summed E-state index contributed by atoms with van der Waals surface area (Å²) in [6, 6.07) is 8.80. The lowest BCUT2D eigenvalue weighted by molar-refractivity contribution is -0.143. The maximum atomic E-state index is 14.3. The molecule has 2 aliphatic carbocycles. The fourth-order valence-electron chi connectivity index (χ4n) is 7.05. The molecule has 1 aliphatic heterocycles. The van der Waals surface area contributed by atoms with Crippen molar-refractivity contribution in [2.45, 2.75) is 129 Å². The maximum Gasteiger partial charge on any atom is 0.411 e. The van der Waals surface area contributed by atoms with E-state index in [-0.39, 0.29) is 19.4 Å². The Balaban J connectivity index is 0.000000624. The number of alkyl carbamates (subject to hydrolysis) is 1. The van der Waals surface area contributed by atoms with Crippen LogP contribution in [0.25, 0.3) is 0 Å². The van der Waals surface area contributed by atoms with Gasteiger partial charge in [-0.05, 0) is 120 Å². The van der Waals surface area contributed by atoms with Gasteiger partial charge in [0.25, 0.3) is 5.91 Å². The van der Waals surface area contributed by atoms with Crippen molar-refractivity contribution in [2.24, 2.45) is 16.3 Å². The highest BCUT2D eigenvalue weighted by Crippen LogP contribution is 2.45. The van der Waals surface area contributed by atoms with Crippen molar-refractivity contribution < 1.29 is 46.7 Å². The summed E-state index contributed by atoms with van der Waals surface area (Å²) >= 11 is 0. The summed E-state index contributed by atoms with van der Waals surface area (Å²) in [5.74, 6) is -2.82. The number of nitrogens with zero attached hydrogens (tertiary/aromatic N) is 2. The molecule has 16 nitrogen and oxygen atoms in total. The number of isocyanates is 1. The molecule has 2 aromatic rings. The highest BCUT2D eigenvalue weighted by molar-refractivity contribution is 7.91. The molecule has 3 aliphatic rings. The Labute approximate surface area is 352 Å². The lowest BCUT2D eigenvalue weighted by atomic mass is 9.85. The van der Waals surface area contributed by atoms with E-state index < -0.39 is 85.8 Å². The van der Waals surface area contributed by atoms with Crippen LogP contribution in [0, 0.1) is 39.0 Å². The summed E-state index contributed by atoms with van der Waals surface area (Å²) in [4.78, 5) is 82.1. The highest BCUT2D eigenvalue weighted by Gasteiger charge is 2.62. The number of aryl methyl sites for hydroxylation is 4. The van der Waals surface area contributed by atoms with Gasteiger partial charge in [-0.2, -0.15) is 4.99 Å². The molecule has 5 amide bonds. The number of nitrogens with one attached hydrogen (secondary N) is 4. The number of anilines is 1. The molecule has 2 aromatic carbocycles. The van der Waals surface area contributed by atoms with Gasteiger partial charge in [-0.25, -0.2) is 22.8 Å². The maximum absolute atomic E-state index is 14.3. The molecule has 60 heavy (non-hydrogen) atoms. The molecular formula is C43H58N6O10S. The fourth-order valence-corrected chi connectivity index (χ4v) is 8.41. The predicted octanol–water partition coefficient (Wildman–Crippen LogP) is 5.70. The number of benzene rings is 2. The van der Waals surface area contributed by atoms with Crippen molar-refractivity contribution in [3.63, 3.8) is 0 Å². The number of carbonyl (C=O) groups is 5. The molecule has 326 valence electrons. The second kappa shape index (κ2) is 18.4. The lowest BCUT2D eigenvalue weighted by Crippen LogP contribution is -2.60. The number of likely N-dealkylation sites (tertiary alicyclic amines) is 1. The minimum Gasteiger partial charge on any atom is -0.444 e. The van der Waals surface area contributed by atoms with E-state index >= 15 is 0 Å². The molecule has 5 atom stereocenters. The van der Waals surface area contributed by atoms with Gasteiger partial charge in [0.1, 0.15) is 29.3 Å². The number of carbonyl (C=O) groups excluding carboxylic acids is 6. The molecule has 17 heteroatoms. The Morgan fingerprint density at radius 3 is 1.97 bits per heavy atom. The van der Waals surface area contributed by atoms with Crippen LogP contribution in [0.1, 0.15) is 89.5 Å². The second-order valence-corrected chi connectivity index (χ2v) is 19.9. The van der Waals surface area contributed by atoms with Crippen LogP contribution in [-0.4, -0.2) is 90.4 Å². The van der Waals surface area contributed by atoms with Gasteiger partial charge in [0.2, 0.25) is 27.9 Å². The largest absolute Gasteiger partial charge is 0.444 e. The average Bonchev–Trinajstić information content (AvgIpc) is 4.02. The van der Waals surface area contributed by atoms with E-state index in [1.54, 1.807) is 53.7 Å². The molecule has 1 saturated heterocycles. The summed E-state index contributed by atoms with van der Waals surface area (Å²) in [7, 11) is -3.91. The Morgan fingerprint density at radius 1 is 0.917 bits per heavy atom. The Bertz CT molecular complexity index is 2130. The summed E-state index contributed by atoms with van der Waals surface area (Å²) in [6.45, 7) is 21.5. The van der Waals surface area contributed by atoms with Gasteiger partial charge < -0.3 is 25.0 Å². The van der Waals surface area contributed by atoms with Gasteiger partial charge in [-0.15, -0.1) is 6.58 Å². The third kappa shape index (κ3) is 12.7. The van der Waals surface area contributed by atoms with Gasteiger partial charge in [-0.1, -0.05) is 39.0 Å². The highest BCUT2D eigenvalue weighted by atomic mass is 32.2. The quantitative estimate of drug-likeness (QED) is 0.123. The van der Waals surface area contributed by atoms with Crippen molar-refractivity contribution in [3.05, 3.63) is 71.3 Å². The number of ether oxygens (including phenoxy) is 2. The first kappa shape index (κ1) is 47.1. The Kier molecular flexibility index (Phi) is 14.4. The standard InChI is InChI=1S/C34H49N5O9S.C9H9NO/c1-10-21-17-34(21,29(42)38-49(45,46)24-11-12-24)37-27(40)25-16-23(47-30(43)35-22-14-19(2)13-20(3)15-22)18-39(25)28(41)26(32(4,5)6)36-31(44)48-33(7,8)9;1-7-3-8(2)5-9(4-7)10-6-11/h10,13-15,21,23-26H,1,11-12,16-18H2,2-9H3,(H,35,43)(H,36,44)(H,37,40)(H,38,42);3-5H,1-2H3/t21?,23-,25+,26-,34-;/m1./s1. The van der Waals surface area contributed by atoms with Gasteiger partial charge in [-0.3, -0.25) is 24.4 Å². The van der Waals surface area contributed by atoms with Crippen LogP contribution >= 0.6 is 0 Å². The first-order valence-electron chi connectivity index (χ1n) is 19.8. The van der Waals surface area contributed by atoms with E-state index in [0.29, 0.717) is 24.2 Å². The molecule has 5 rings (SSSR count). The monoisotopic (exact) mass is 850 g/mol. The number of aliphatic imine (C=N–C) groups is 1. The van der Waals surface area contributed by atoms with Gasteiger partial charge in [0.15, 0.2) is 0 Å². The summed E-state index contributed by atoms with van der Waals surface area (Å²) in [6.07, 6.45) is 1.27. The molecule has 2 saturated carbocycles. The van der Waals surface area contributed by atoms with Crippen LogP contribution in [-0.2, 0) is 38.7 Å². The van der Waals surface area contributed by atoms with Gasteiger partial charge in [0.05, 0.1) is 17.5 Å². The number of hydrogen-bond acceptors (Lipinski definition) is 11. The van der Waals surface area contributed by atoms with Crippen LogP contribution in [0.15, 0.2) is 54.0 Å². The van der Waals surface area contributed by atoms with E-state index in [0.717, 1.165) is 22.3 Å². The zero-order chi connectivity index (χ0) is 45.0. The molecule has 1 unspecified atom stereocenters. The van der Waals surface area contributed by atoms with Crippen LogP contribution in [0.5, 0.6) is 0 Å². The van der Waals surface area contributed by atoms with Crippen LogP contribution < -0.4 is 20.7 Å². The second-order valence-electron chi connectivity index (χ2n) is 17.9. The third-order valence-corrected chi connectivity index (χ3v) is 11.8. The first-order valence-corrected chi connectivity index (χ1v) is 21.3. The normalized spacial score (nSPS) is 21.4. The Morgan fingerprint density at radius 2 is 1.48 bits per heavy atom. The number of sulfonamides is 1. The van der Waals surface area contributed by atoms with Crippen molar-refractivity contribution in [3.8, 4) is 0 Å². The molecule has 0 radical (unpaired) electrons. The summed E-state index contributed by atoms with van der Waals surface area (Å²) in [5.41, 5.74) is 1.98. The summed E-state index contributed by atoms with van der Waals surface area (Å²) < 4.78 is 38.4. The number of rotatable bonds is 11. The molecule has 0 spiro atoms. The van der Waals surface area contributed by atoms with E-state index in [4.69, 9.17) is 9.47 Å². The van der Waals surface area contributed by atoms with E-state index in [2.05, 4.69) is 32.2 Å². The topological polar surface area (TPSA) is 219 Å². The molecule has 0 aromatic heterocycles. The van der Waals surface area contributed by atoms with Crippen molar-refractivity contribution in [1.29, 1.82) is 0 Å². The minimum absolute atomic E-state index is 0.109. The Hall–Kier alpha value is -5.54. The smallest absolute Gasteiger partial charge is 0.411 e. The van der Waals surface area contributed by atoms with Gasteiger partial charge >= 0.3 is 12.2 Å². The fraction of sp³-hybridized carbons (Fsp3) is 0.535. The van der Waals surface area contributed by atoms with Crippen LogP contribution in [0.4, 0.5) is 21.0 Å². The first-order chi connectivity index (χ1) is 27.8. The minimum atomic E-state index is -3.91. The zero-order valence-electron chi connectivity index (χ0n) is 36.1. The SMILES string of the molecule is C=CC1C[C@]1(NC(=O)[C@@H]1C[C@@H](OC(=O)Nc2cc(C)cc(C)c2)CN1C(=O)[C@@H](NC(=O)OC(C)(C)C)C(C)(C)C)C(=O)NS(=O)(=O)C1CC1.Cc1cc(C)cc(N=C=O)c1. The van der Waals surface area contributed by atoms with E-state index in [1.165, 1.54) is 17.1 Å². The zero-order valence-corrected chi connectivity index (χ0v) is 36.9. The predicted molar refractivity (Wildman–Crippen MR) is 225 cm³/mol. The van der Waals surface area contributed by atoms with Gasteiger partial charge in [0, 0.05) is 18.0 Å². The average molecular weight is 851 g/mol. The molecule has 3 fully saturated rings. The molecule has 4 N–H and O–H groups in total. The number of hydrogen-bond donors (Lipinski definition) is 4. The van der Waals surface area contributed by atoms with E-state index in [9.17, 15) is 37.2 Å². The van der Waals surface area contributed by atoms with E-state index in [1.807, 2.05) is 52.0 Å². The van der Waals surface area contributed by atoms with Crippen molar-refractivity contribution in [1.82, 2.24) is 20.3 Å². The van der Waals surface area contributed by atoms with Crippen LogP contribution in [0.2, 0.25) is 0 Å². The lowest BCUT2D eigenvalue weighted by Gasteiger charge is -2.36. The van der Waals surface area contributed by atoms with Crippen molar-refractivity contribution in [2.75, 3.05) is 11.9 Å². The third-order valence-electron chi connectivity index (χ3n) is 9.99. The van der Waals surface area contributed by atoms with Crippen LogP contribution in [0.3, 0.4) is 0 Å².